The Labute approximate surface area is 205 Å². The van der Waals surface area contributed by atoms with Crippen LogP contribution in [0.4, 0.5) is 4.79 Å². The van der Waals surface area contributed by atoms with E-state index in [-0.39, 0.29) is 19.1 Å². The second-order valence-corrected chi connectivity index (χ2v) is 10.3. The minimum atomic E-state index is -0.765. The second-order valence-electron chi connectivity index (χ2n) is 10.3. The van der Waals surface area contributed by atoms with Crippen LogP contribution in [-0.2, 0) is 16.8 Å². The molecule has 1 N–H and O–H groups in total. The number of pyridine rings is 2. The van der Waals surface area contributed by atoms with Crippen molar-refractivity contribution in [2.75, 3.05) is 13.2 Å². The molecule has 3 heterocycles. The molecule has 8 heteroatoms. The first-order valence-corrected chi connectivity index (χ1v) is 11.7. The molecule has 1 aliphatic rings. The maximum atomic E-state index is 13.5. The van der Waals surface area contributed by atoms with Gasteiger partial charge in [-0.15, -0.1) is 0 Å². The van der Waals surface area contributed by atoms with E-state index < -0.39 is 17.2 Å². The van der Waals surface area contributed by atoms with Crippen LogP contribution in [0, 0.1) is 6.92 Å². The van der Waals surface area contributed by atoms with Crippen molar-refractivity contribution in [3.63, 3.8) is 0 Å². The van der Waals surface area contributed by atoms with Gasteiger partial charge in [-0.1, -0.05) is 24.3 Å². The predicted octanol–water partition coefficient (Wildman–Crippen LogP) is 4.73. The first-order valence-electron chi connectivity index (χ1n) is 11.7. The number of ether oxygens (including phenoxy) is 2. The van der Waals surface area contributed by atoms with Crippen LogP contribution >= 0.6 is 0 Å². The van der Waals surface area contributed by atoms with Crippen LogP contribution in [0.15, 0.2) is 42.7 Å². The number of aryl methyl sites for hydroxylation is 1. The molecule has 184 valence electrons. The summed E-state index contributed by atoms with van der Waals surface area (Å²) >= 11 is 0. The minimum Gasteiger partial charge on any atom is -0.490 e. The SMILES string of the molecule is Cc1cc2ccccc2c(C(C)(C)NC(=O)c2cncc3c2OCCN(C(=O)OC(C)(C)C)C3)n1. The van der Waals surface area contributed by atoms with E-state index in [1.807, 2.05) is 71.9 Å². The van der Waals surface area contributed by atoms with E-state index >= 15 is 0 Å². The van der Waals surface area contributed by atoms with E-state index in [1.54, 1.807) is 11.1 Å². The van der Waals surface area contributed by atoms with Gasteiger partial charge in [0.1, 0.15) is 18.0 Å². The van der Waals surface area contributed by atoms with Gasteiger partial charge in [0.2, 0.25) is 0 Å². The summed E-state index contributed by atoms with van der Waals surface area (Å²) in [6, 6.07) is 10.0. The molecule has 0 radical (unpaired) electrons. The molecule has 35 heavy (non-hydrogen) atoms. The minimum absolute atomic E-state index is 0.240. The summed E-state index contributed by atoms with van der Waals surface area (Å²) in [5, 5.41) is 5.17. The van der Waals surface area contributed by atoms with Gasteiger partial charge in [-0.3, -0.25) is 14.8 Å². The van der Waals surface area contributed by atoms with Gasteiger partial charge in [0.05, 0.1) is 29.9 Å². The molecule has 4 rings (SSSR count). The number of hydrogen-bond acceptors (Lipinski definition) is 6. The van der Waals surface area contributed by atoms with Gasteiger partial charge in [-0.05, 0) is 53.0 Å². The Morgan fingerprint density at radius 2 is 1.86 bits per heavy atom. The molecule has 0 bridgehead atoms. The lowest BCUT2D eigenvalue weighted by atomic mass is 9.93. The molecule has 0 saturated heterocycles. The number of rotatable bonds is 3. The standard InChI is InChI=1S/C27H32N4O4/c1-17-13-18-9-7-8-10-20(18)23(29-17)27(5,6)30-24(32)21-15-28-14-19-16-31(11-12-34-22(19)21)25(33)35-26(2,3)4/h7-10,13-15H,11-12,16H2,1-6H3,(H,30,32). The van der Waals surface area contributed by atoms with Crippen LogP contribution in [0.5, 0.6) is 5.75 Å². The molecule has 2 aromatic heterocycles. The van der Waals surface area contributed by atoms with E-state index in [4.69, 9.17) is 14.5 Å². The number of carbonyl (C=O) groups is 2. The summed E-state index contributed by atoms with van der Waals surface area (Å²) < 4.78 is 11.5. The molecule has 0 unspecified atom stereocenters. The largest absolute Gasteiger partial charge is 0.490 e. The molecule has 0 spiro atoms. The van der Waals surface area contributed by atoms with Crippen LogP contribution in [0.2, 0.25) is 0 Å². The average molecular weight is 477 g/mol. The summed E-state index contributed by atoms with van der Waals surface area (Å²) in [5.74, 6) is 0.110. The van der Waals surface area contributed by atoms with Crippen LogP contribution in [0.3, 0.4) is 0 Å². The van der Waals surface area contributed by atoms with Crippen LogP contribution < -0.4 is 10.1 Å². The Balaban J connectivity index is 1.61. The number of hydrogen-bond donors (Lipinski definition) is 1. The lowest BCUT2D eigenvalue weighted by Gasteiger charge is -2.28. The van der Waals surface area contributed by atoms with Gasteiger partial charge in [0, 0.05) is 29.0 Å². The normalized spacial score (nSPS) is 14.1. The van der Waals surface area contributed by atoms with Crippen molar-refractivity contribution in [1.82, 2.24) is 20.2 Å². The third-order valence-electron chi connectivity index (χ3n) is 5.72. The first-order chi connectivity index (χ1) is 16.4. The van der Waals surface area contributed by atoms with Crippen molar-refractivity contribution in [3.05, 3.63) is 65.2 Å². The zero-order valence-corrected chi connectivity index (χ0v) is 21.1. The molecular formula is C27H32N4O4. The highest BCUT2D eigenvalue weighted by Gasteiger charge is 2.31. The van der Waals surface area contributed by atoms with E-state index in [0.717, 1.165) is 22.2 Å². The predicted molar refractivity (Wildman–Crippen MR) is 133 cm³/mol. The summed E-state index contributed by atoms with van der Waals surface area (Å²) in [7, 11) is 0. The quantitative estimate of drug-likeness (QED) is 0.587. The lowest BCUT2D eigenvalue weighted by Crippen LogP contribution is -2.42. The molecule has 2 amide bonds. The molecule has 3 aromatic rings. The monoisotopic (exact) mass is 476 g/mol. The van der Waals surface area contributed by atoms with E-state index in [2.05, 4.69) is 10.3 Å². The molecule has 8 nitrogen and oxygen atoms in total. The third kappa shape index (κ3) is 5.37. The number of benzene rings is 1. The summed E-state index contributed by atoms with van der Waals surface area (Å²) in [5.41, 5.74) is 1.26. The van der Waals surface area contributed by atoms with Gasteiger partial charge in [0.15, 0.2) is 0 Å². The van der Waals surface area contributed by atoms with Crippen molar-refractivity contribution < 1.29 is 19.1 Å². The fourth-order valence-corrected chi connectivity index (χ4v) is 4.18. The summed E-state index contributed by atoms with van der Waals surface area (Å²) in [6.45, 7) is 12.1. The Morgan fingerprint density at radius 1 is 1.11 bits per heavy atom. The average Bonchev–Trinajstić information content (AvgIpc) is 2.99. The number of nitrogens with zero attached hydrogens (tertiary/aromatic N) is 3. The van der Waals surface area contributed by atoms with Crippen molar-refractivity contribution in [3.8, 4) is 5.75 Å². The van der Waals surface area contributed by atoms with Crippen molar-refractivity contribution in [1.29, 1.82) is 0 Å². The van der Waals surface area contributed by atoms with Crippen molar-refractivity contribution >= 4 is 22.8 Å². The fourth-order valence-electron chi connectivity index (χ4n) is 4.18. The molecule has 0 saturated carbocycles. The third-order valence-corrected chi connectivity index (χ3v) is 5.72. The lowest BCUT2D eigenvalue weighted by molar-refractivity contribution is 0.0225. The molecule has 0 atom stereocenters. The van der Waals surface area contributed by atoms with Gasteiger partial charge >= 0.3 is 6.09 Å². The van der Waals surface area contributed by atoms with E-state index in [0.29, 0.717) is 23.4 Å². The van der Waals surface area contributed by atoms with E-state index in [9.17, 15) is 9.59 Å². The van der Waals surface area contributed by atoms with Gasteiger partial charge in [0.25, 0.3) is 5.91 Å². The highest BCUT2D eigenvalue weighted by molar-refractivity contribution is 5.98. The molecule has 0 aliphatic carbocycles. The van der Waals surface area contributed by atoms with E-state index in [1.165, 1.54) is 6.20 Å². The molecule has 1 aromatic carbocycles. The molecular weight excluding hydrogens is 444 g/mol. The van der Waals surface area contributed by atoms with Gasteiger partial charge < -0.3 is 19.7 Å². The first kappa shape index (κ1) is 24.4. The fraction of sp³-hybridized carbons (Fsp3) is 0.407. The maximum Gasteiger partial charge on any atom is 0.410 e. The highest BCUT2D eigenvalue weighted by atomic mass is 16.6. The Bertz CT molecular complexity index is 1280. The zero-order valence-electron chi connectivity index (χ0n) is 21.1. The van der Waals surface area contributed by atoms with Crippen molar-refractivity contribution in [2.45, 2.75) is 59.2 Å². The van der Waals surface area contributed by atoms with Gasteiger partial charge in [-0.25, -0.2) is 4.79 Å². The van der Waals surface area contributed by atoms with Crippen LogP contribution in [0.25, 0.3) is 10.8 Å². The maximum absolute atomic E-state index is 13.5. The number of carbonyl (C=O) groups excluding carboxylic acids is 2. The zero-order chi connectivity index (χ0) is 25.4. The topological polar surface area (TPSA) is 93.7 Å². The Kier molecular flexibility index (Phi) is 6.40. The molecule has 0 fully saturated rings. The smallest absolute Gasteiger partial charge is 0.410 e. The number of nitrogens with one attached hydrogen (secondary N) is 1. The summed E-state index contributed by atoms with van der Waals surface area (Å²) in [6.07, 6.45) is 2.69. The Hall–Kier alpha value is -3.68. The van der Waals surface area contributed by atoms with Crippen LogP contribution in [-0.4, -0.2) is 45.6 Å². The number of aromatic nitrogens is 2. The van der Waals surface area contributed by atoms with Crippen molar-refractivity contribution in [2.24, 2.45) is 0 Å². The highest BCUT2D eigenvalue weighted by Crippen LogP contribution is 2.31. The summed E-state index contributed by atoms with van der Waals surface area (Å²) in [4.78, 5) is 36.7. The Morgan fingerprint density at radius 3 is 2.60 bits per heavy atom. The van der Waals surface area contributed by atoms with Gasteiger partial charge in [-0.2, -0.15) is 0 Å². The number of fused-ring (bicyclic) bond motifs is 2. The molecule has 1 aliphatic heterocycles. The second kappa shape index (κ2) is 9.17. The van der Waals surface area contributed by atoms with Crippen LogP contribution in [0.1, 0.15) is 61.9 Å². The number of amides is 2.